The van der Waals surface area contributed by atoms with Crippen LogP contribution in [0.25, 0.3) is 0 Å². The van der Waals surface area contributed by atoms with Crippen molar-refractivity contribution < 1.29 is 38.5 Å². The highest BCUT2D eigenvalue weighted by molar-refractivity contribution is 5.99. The second kappa shape index (κ2) is 16.2. The molecule has 3 rings (SSSR count). The lowest BCUT2D eigenvalue weighted by Crippen LogP contribution is -2.53. The Kier molecular flexibility index (Phi) is 12.4. The van der Waals surface area contributed by atoms with Crippen LogP contribution < -0.4 is 35.5 Å². The topological polar surface area (TPSA) is 164 Å². The predicted molar refractivity (Wildman–Crippen MR) is 155 cm³/mol. The smallest absolute Gasteiger partial charge is 0.255 e. The van der Waals surface area contributed by atoms with Gasteiger partial charge in [-0.2, -0.15) is 0 Å². The number of hydrogen-bond donors (Lipinski definition) is 5. The van der Waals surface area contributed by atoms with E-state index in [1.807, 2.05) is 18.2 Å². The quantitative estimate of drug-likeness (QED) is 0.288. The molecule has 12 nitrogen and oxygen atoms in total. The number of aryl methyl sites for hydroxylation is 1. The van der Waals surface area contributed by atoms with E-state index in [0.29, 0.717) is 43.1 Å². The Balaban J connectivity index is 1.70. The number of nitrogens with one attached hydrogen (secondary N) is 4. The van der Waals surface area contributed by atoms with E-state index in [1.54, 1.807) is 38.5 Å². The third-order valence-corrected chi connectivity index (χ3v) is 6.76. The molecule has 0 fully saturated rings. The van der Waals surface area contributed by atoms with Gasteiger partial charge in [-0.3, -0.25) is 19.2 Å². The molecule has 228 valence electrons. The summed E-state index contributed by atoms with van der Waals surface area (Å²) >= 11 is 0. The van der Waals surface area contributed by atoms with Crippen LogP contribution >= 0.6 is 0 Å². The van der Waals surface area contributed by atoms with Crippen LogP contribution in [0, 0.1) is 0 Å². The van der Waals surface area contributed by atoms with Gasteiger partial charge in [0.15, 0.2) is 11.5 Å². The predicted octanol–water partition coefficient (Wildman–Crippen LogP) is 1.10. The molecule has 0 bridgehead atoms. The van der Waals surface area contributed by atoms with Gasteiger partial charge in [0, 0.05) is 19.5 Å². The molecule has 0 spiro atoms. The number of aliphatic hydroxyl groups excluding tert-OH is 1. The maximum Gasteiger partial charge on any atom is 0.255 e. The van der Waals surface area contributed by atoms with Crippen LogP contribution in [0.15, 0.2) is 42.5 Å². The Hall–Kier alpha value is -4.32. The van der Waals surface area contributed by atoms with E-state index in [2.05, 4.69) is 21.3 Å². The van der Waals surface area contributed by atoms with Crippen LogP contribution in [-0.4, -0.2) is 80.8 Å². The van der Waals surface area contributed by atoms with Crippen LogP contribution in [-0.2, 0) is 20.8 Å². The molecule has 3 atom stereocenters. The maximum atomic E-state index is 13.2. The zero-order valence-corrected chi connectivity index (χ0v) is 24.2. The average Bonchev–Trinajstić information content (AvgIpc) is 2.99. The lowest BCUT2D eigenvalue weighted by molar-refractivity contribution is -0.132. The Labute approximate surface area is 245 Å². The number of benzene rings is 2. The van der Waals surface area contributed by atoms with Gasteiger partial charge in [-0.05, 0) is 62.4 Å². The van der Waals surface area contributed by atoms with Gasteiger partial charge in [-0.25, -0.2) is 0 Å². The van der Waals surface area contributed by atoms with Gasteiger partial charge >= 0.3 is 0 Å². The molecular weight excluding hydrogens is 544 g/mol. The molecule has 1 heterocycles. The summed E-state index contributed by atoms with van der Waals surface area (Å²) in [4.78, 5) is 51.7. The Morgan fingerprint density at radius 1 is 1.10 bits per heavy atom. The van der Waals surface area contributed by atoms with Gasteiger partial charge in [-0.1, -0.05) is 18.2 Å². The zero-order chi connectivity index (χ0) is 30.5. The third-order valence-electron chi connectivity index (χ3n) is 6.76. The molecule has 1 aliphatic rings. The number of carbonyl (C=O) groups excluding carboxylic acids is 4. The first-order valence-corrected chi connectivity index (χ1v) is 14.0. The lowest BCUT2D eigenvalue weighted by Gasteiger charge is -2.23. The molecule has 5 N–H and O–H groups in total. The fraction of sp³-hybridized carbons (Fsp3) is 0.467. The van der Waals surface area contributed by atoms with Crippen molar-refractivity contribution >= 4 is 23.6 Å². The Morgan fingerprint density at radius 3 is 2.60 bits per heavy atom. The molecule has 0 saturated carbocycles. The summed E-state index contributed by atoms with van der Waals surface area (Å²) in [5, 5.41) is 20.8. The van der Waals surface area contributed by atoms with Crippen molar-refractivity contribution in [2.75, 3.05) is 33.9 Å². The minimum atomic E-state index is -1.16. The van der Waals surface area contributed by atoms with Gasteiger partial charge in [0.1, 0.15) is 17.8 Å². The highest BCUT2D eigenvalue weighted by Crippen LogP contribution is 2.28. The third kappa shape index (κ3) is 9.37. The van der Waals surface area contributed by atoms with E-state index in [9.17, 15) is 24.3 Å². The van der Waals surface area contributed by atoms with Crippen molar-refractivity contribution in [1.82, 2.24) is 21.3 Å². The summed E-state index contributed by atoms with van der Waals surface area (Å²) in [5.41, 5.74) is 1.25. The number of carbonyl (C=O) groups is 4. The lowest BCUT2D eigenvalue weighted by atomic mass is 10.1. The molecule has 4 amide bonds. The second-order valence-corrected chi connectivity index (χ2v) is 9.92. The number of fused-ring (bicyclic) bond motifs is 1. The number of rotatable bonds is 8. The number of para-hydroxylation sites is 1. The first-order chi connectivity index (χ1) is 20.2. The Bertz CT molecular complexity index is 1240. The van der Waals surface area contributed by atoms with E-state index in [4.69, 9.17) is 14.2 Å². The van der Waals surface area contributed by atoms with Crippen LogP contribution in [0.1, 0.15) is 48.5 Å². The molecule has 0 aliphatic carbocycles. The van der Waals surface area contributed by atoms with E-state index >= 15 is 0 Å². The molecule has 42 heavy (non-hydrogen) atoms. The van der Waals surface area contributed by atoms with Crippen molar-refractivity contribution in [3.05, 3.63) is 53.6 Å². The highest BCUT2D eigenvalue weighted by Gasteiger charge is 2.28. The van der Waals surface area contributed by atoms with Crippen LogP contribution in [0.2, 0.25) is 0 Å². The first kappa shape index (κ1) is 32.2. The number of methoxy groups -OCH3 is 2. The minimum absolute atomic E-state index is 0.0315. The van der Waals surface area contributed by atoms with Crippen molar-refractivity contribution in [3.63, 3.8) is 0 Å². The summed E-state index contributed by atoms with van der Waals surface area (Å²) in [7, 11) is 3.13. The van der Waals surface area contributed by atoms with Crippen molar-refractivity contribution in [2.24, 2.45) is 0 Å². The highest BCUT2D eigenvalue weighted by atomic mass is 16.5. The van der Waals surface area contributed by atoms with Gasteiger partial charge in [0.2, 0.25) is 17.7 Å². The summed E-state index contributed by atoms with van der Waals surface area (Å²) < 4.78 is 16.4. The van der Waals surface area contributed by atoms with E-state index in [1.165, 1.54) is 6.92 Å². The van der Waals surface area contributed by atoms with Crippen LogP contribution in [0.4, 0.5) is 0 Å². The summed E-state index contributed by atoms with van der Waals surface area (Å²) in [5.74, 6) is -0.448. The normalized spacial score (nSPS) is 19.2. The molecule has 0 unspecified atom stereocenters. The molecule has 1 aliphatic heterocycles. The van der Waals surface area contributed by atoms with Gasteiger partial charge in [0.25, 0.3) is 5.91 Å². The Morgan fingerprint density at radius 2 is 1.86 bits per heavy atom. The van der Waals surface area contributed by atoms with E-state index in [0.717, 1.165) is 5.56 Å². The van der Waals surface area contributed by atoms with Gasteiger partial charge in [0.05, 0.1) is 32.5 Å². The van der Waals surface area contributed by atoms with Crippen molar-refractivity contribution in [2.45, 2.75) is 57.2 Å². The molecule has 0 aromatic heterocycles. The van der Waals surface area contributed by atoms with Crippen molar-refractivity contribution in [1.29, 1.82) is 0 Å². The summed E-state index contributed by atoms with van der Waals surface area (Å²) in [6.45, 7) is 2.19. The van der Waals surface area contributed by atoms with Crippen LogP contribution in [0.5, 0.6) is 17.2 Å². The van der Waals surface area contributed by atoms with E-state index < -0.39 is 41.8 Å². The largest absolute Gasteiger partial charge is 0.493 e. The summed E-state index contributed by atoms with van der Waals surface area (Å²) in [6, 6.07) is 10.1. The number of amides is 4. The standard InChI is InChI=1S/C30H40N4O8/c1-19(35)27-30(39)32-16-7-17-42-23-10-5-4-9-21(23)28(37)33-22(12-14-26(36)34-27)29(38)31-15-6-8-20-11-13-24(40-2)25(18-20)41-3/h4-5,9-11,13,18-19,22,27,35H,6-8,12,14-17H2,1-3H3,(H,31,38)(H,32,39)(H,33,37)(H,34,36)/t19-,22+,27+/m1/s1. The summed E-state index contributed by atoms with van der Waals surface area (Å²) in [6.07, 6.45) is 0.365. The van der Waals surface area contributed by atoms with Gasteiger partial charge < -0.3 is 40.6 Å². The molecule has 0 saturated heterocycles. The monoisotopic (exact) mass is 584 g/mol. The number of hydrogen-bond acceptors (Lipinski definition) is 8. The molecule has 12 heteroatoms. The molecule has 2 aromatic rings. The maximum absolute atomic E-state index is 13.2. The molecule has 2 aromatic carbocycles. The molecular formula is C30H40N4O8. The second-order valence-electron chi connectivity index (χ2n) is 9.92. The van der Waals surface area contributed by atoms with E-state index in [-0.39, 0.29) is 31.6 Å². The number of aliphatic hydroxyl groups is 1. The average molecular weight is 585 g/mol. The molecule has 0 radical (unpaired) electrons. The first-order valence-electron chi connectivity index (χ1n) is 14.0. The number of ether oxygens (including phenoxy) is 3. The minimum Gasteiger partial charge on any atom is -0.493 e. The zero-order valence-electron chi connectivity index (χ0n) is 24.2. The van der Waals surface area contributed by atoms with Crippen LogP contribution in [0.3, 0.4) is 0 Å². The van der Waals surface area contributed by atoms with Gasteiger partial charge in [-0.15, -0.1) is 0 Å². The fourth-order valence-corrected chi connectivity index (χ4v) is 4.45. The SMILES string of the molecule is COc1ccc(CCCNC(=O)[C@@H]2CCC(=O)N[C@@H]([C@@H](C)O)C(=O)NCCCOc3ccccc3C(=O)N2)cc1OC. The fourth-order valence-electron chi connectivity index (χ4n) is 4.45. The van der Waals surface area contributed by atoms with Crippen molar-refractivity contribution in [3.8, 4) is 17.2 Å².